The highest BCUT2D eigenvalue weighted by atomic mass is 35.5. The van der Waals surface area contributed by atoms with Gasteiger partial charge in [-0.1, -0.05) is 0 Å². The Balaban J connectivity index is 0.00000216. The zero-order valence-electron chi connectivity index (χ0n) is 18.7. The van der Waals surface area contributed by atoms with Gasteiger partial charge in [0.25, 0.3) is 0 Å². The third-order valence-corrected chi connectivity index (χ3v) is 6.75. The second-order valence-corrected chi connectivity index (χ2v) is 9.09. The molecule has 3 aromatic rings. The fraction of sp³-hybridized carbons (Fsp3) is 0.565. The Morgan fingerprint density at radius 2 is 1.84 bits per heavy atom. The molecule has 0 unspecified atom stereocenters. The molecule has 8 nitrogen and oxygen atoms in total. The second kappa shape index (κ2) is 8.57. The molecule has 3 aromatic heterocycles. The maximum absolute atomic E-state index is 5.78. The fourth-order valence-corrected chi connectivity index (χ4v) is 4.85. The summed E-state index contributed by atoms with van der Waals surface area (Å²) in [6.07, 6.45) is 5.30. The highest BCUT2D eigenvalue weighted by Gasteiger charge is 2.33. The van der Waals surface area contributed by atoms with E-state index in [0.717, 1.165) is 73.4 Å². The Kier molecular flexibility index (Phi) is 5.77. The Bertz CT molecular complexity index is 1110. The summed E-state index contributed by atoms with van der Waals surface area (Å²) in [6, 6.07) is 4.43. The largest absolute Gasteiger partial charge is 0.379 e. The summed E-state index contributed by atoms with van der Waals surface area (Å²) in [4.78, 5) is 24.5. The number of piperazine rings is 1. The number of fused-ring (bicyclic) bond motifs is 1. The van der Waals surface area contributed by atoms with Crippen LogP contribution in [0.15, 0.2) is 18.3 Å². The first-order chi connectivity index (χ1) is 15.2. The summed E-state index contributed by atoms with van der Waals surface area (Å²) >= 11 is 0. The molecule has 5 heterocycles. The first-order valence-corrected chi connectivity index (χ1v) is 11.4. The van der Waals surface area contributed by atoms with Gasteiger partial charge in [-0.25, -0.2) is 15.0 Å². The standard InChI is InChI=1S/C23H29N7O.ClH/c1-15-25-22(29-11-9-28(2)10-12-29)20-23(26-15)30(17-7-13-31-14-17)21(27-20)18-4-3-8-24-19(18)16-5-6-16;/h3-4,8,16-17H,5-7,9-14H2,1-2H3;1H/t17-;/m1./s1. The molecule has 3 aliphatic rings. The topological polar surface area (TPSA) is 72.2 Å². The number of ether oxygens (including phenoxy) is 1. The molecule has 9 heteroatoms. The van der Waals surface area contributed by atoms with Crippen molar-refractivity contribution in [3.05, 3.63) is 29.8 Å². The van der Waals surface area contributed by atoms with Crippen LogP contribution in [0.5, 0.6) is 0 Å². The van der Waals surface area contributed by atoms with Crippen molar-refractivity contribution in [1.29, 1.82) is 0 Å². The van der Waals surface area contributed by atoms with Crippen molar-refractivity contribution in [3.8, 4) is 11.4 Å². The van der Waals surface area contributed by atoms with Gasteiger partial charge >= 0.3 is 0 Å². The molecule has 2 aliphatic heterocycles. The zero-order chi connectivity index (χ0) is 20.9. The second-order valence-electron chi connectivity index (χ2n) is 9.09. The molecule has 0 N–H and O–H groups in total. The first kappa shape index (κ1) is 21.6. The van der Waals surface area contributed by atoms with E-state index in [0.29, 0.717) is 12.5 Å². The summed E-state index contributed by atoms with van der Waals surface area (Å²) < 4.78 is 8.09. The monoisotopic (exact) mass is 455 g/mol. The van der Waals surface area contributed by atoms with Crippen molar-refractivity contribution in [1.82, 2.24) is 29.4 Å². The van der Waals surface area contributed by atoms with Crippen LogP contribution < -0.4 is 4.90 Å². The molecule has 6 rings (SSSR count). The van der Waals surface area contributed by atoms with Crippen molar-refractivity contribution >= 4 is 29.4 Å². The number of rotatable bonds is 4. The molecule has 1 atom stereocenters. The van der Waals surface area contributed by atoms with E-state index < -0.39 is 0 Å². The van der Waals surface area contributed by atoms with Crippen LogP contribution in [0, 0.1) is 6.92 Å². The van der Waals surface area contributed by atoms with Crippen LogP contribution in [0.4, 0.5) is 5.82 Å². The number of anilines is 1. The number of aryl methyl sites for hydroxylation is 1. The van der Waals surface area contributed by atoms with Gasteiger partial charge < -0.3 is 19.1 Å². The van der Waals surface area contributed by atoms with Crippen LogP contribution in [0.2, 0.25) is 0 Å². The van der Waals surface area contributed by atoms with E-state index in [9.17, 15) is 0 Å². The molecule has 0 radical (unpaired) electrons. The van der Waals surface area contributed by atoms with Crippen molar-refractivity contribution in [2.45, 2.75) is 38.1 Å². The minimum atomic E-state index is 0. The molecule has 0 spiro atoms. The maximum atomic E-state index is 5.78. The zero-order valence-corrected chi connectivity index (χ0v) is 19.5. The molecule has 3 fully saturated rings. The van der Waals surface area contributed by atoms with Crippen LogP contribution >= 0.6 is 12.4 Å². The quantitative estimate of drug-likeness (QED) is 0.598. The van der Waals surface area contributed by atoms with Gasteiger partial charge in [-0.3, -0.25) is 4.98 Å². The average Bonchev–Trinajstić information content (AvgIpc) is 3.35. The average molecular weight is 456 g/mol. The van der Waals surface area contributed by atoms with Gasteiger partial charge in [-0.15, -0.1) is 12.4 Å². The lowest BCUT2D eigenvalue weighted by atomic mass is 10.1. The van der Waals surface area contributed by atoms with E-state index >= 15 is 0 Å². The Labute approximate surface area is 194 Å². The molecule has 0 bridgehead atoms. The minimum Gasteiger partial charge on any atom is -0.379 e. The Morgan fingerprint density at radius 1 is 1.03 bits per heavy atom. The van der Waals surface area contributed by atoms with Crippen LogP contribution in [0.1, 0.15) is 42.7 Å². The normalized spacial score (nSPS) is 21.8. The smallest absolute Gasteiger partial charge is 0.166 e. The van der Waals surface area contributed by atoms with Gasteiger partial charge in [0.05, 0.1) is 18.3 Å². The highest BCUT2D eigenvalue weighted by Crippen LogP contribution is 2.44. The molecule has 170 valence electrons. The van der Waals surface area contributed by atoms with Gasteiger partial charge in [-0.05, 0) is 45.4 Å². The van der Waals surface area contributed by atoms with Crippen LogP contribution in [-0.4, -0.2) is 75.8 Å². The van der Waals surface area contributed by atoms with Crippen LogP contribution in [0.25, 0.3) is 22.6 Å². The number of pyridine rings is 1. The van der Waals surface area contributed by atoms with E-state index in [-0.39, 0.29) is 18.4 Å². The number of hydrogen-bond donors (Lipinski definition) is 0. The lowest BCUT2D eigenvalue weighted by molar-refractivity contribution is 0.187. The van der Waals surface area contributed by atoms with Gasteiger partial charge in [0.1, 0.15) is 11.6 Å². The van der Waals surface area contributed by atoms with Gasteiger partial charge in [0.15, 0.2) is 17.0 Å². The number of imidazole rings is 1. The molecule has 1 saturated carbocycles. The number of aromatic nitrogens is 5. The maximum Gasteiger partial charge on any atom is 0.166 e. The SMILES string of the molecule is Cc1nc(N2CCN(C)CC2)c2nc(-c3cccnc3C3CC3)n([C@@H]3CCOC3)c2n1.Cl. The fourth-order valence-electron chi connectivity index (χ4n) is 4.85. The molecular weight excluding hydrogens is 426 g/mol. The number of halogens is 1. The van der Waals surface area contributed by atoms with E-state index in [1.165, 1.54) is 18.5 Å². The van der Waals surface area contributed by atoms with E-state index in [2.05, 4.69) is 27.5 Å². The summed E-state index contributed by atoms with van der Waals surface area (Å²) in [7, 11) is 2.17. The third kappa shape index (κ3) is 3.74. The summed E-state index contributed by atoms with van der Waals surface area (Å²) in [5.41, 5.74) is 4.14. The summed E-state index contributed by atoms with van der Waals surface area (Å²) in [5.74, 6) is 3.28. The van der Waals surface area contributed by atoms with Crippen molar-refractivity contribution in [2.75, 3.05) is 51.3 Å². The summed E-state index contributed by atoms with van der Waals surface area (Å²) in [5, 5.41) is 0. The highest BCUT2D eigenvalue weighted by molar-refractivity contribution is 5.88. The third-order valence-electron chi connectivity index (χ3n) is 6.75. The van der Waals surface area contributed by atoms with Crippen molar-refractivity contribution < 1.29 is 4.74 Å². The molecular formula is C23H30ClN7O. The van der Waals surface area contributed by atoms with Crippen LogP contribution in [0.3, 0.4) is 0 Å². The lowest BCUT2D eigenvalue weighted by Gasteiger charge is -2.33. The van der Waals surface area contributed by atoms with Gasteiger partial charge in [-0.2, -0.15) is 0 Å². The number of likely N-dealkylation sites (N-methyl/N-ethyl adjacent to an activating group) is 1. The van der Waals surface area contributed by atoms with Crippen molar-refractivity contribution in [2.24, 2.45) is 0 Å². The molecule has 0 aromatic carbocycles. The predicted molar refractivity (Wildman–Crippen MR) is 127 cm³/mol. The minimum absolute atomic E-state index is 0. The predicted octanol–water partition coefficient (Wildman–Crippen LogP) is 3.21. The Hall–Kier alpha value is -2.29. The van der Waals surface area contributed by atoms with E-state index in [1.54, 1.807) is 0 Å². The van der Waals surface area contributed by atoms with Gasteiger partial charge in [0, 0.05) is 50.5 Å². The summed E-state index contributed by atoms with van der Waals surface area (Å²) in [6.45, 7) is 7.44. The van der Waals surface area contributed by atoms with Crippen LogP contribution in [-0.2, 0) is 4.74 Å². The number of hydrogen-bond acceptors (Lipinski definition) is 7. The molecule has 0 amide bonds. The van der Waals surface area contributed by atoms with E-state index in [4.69, 9.17) is 24.7 Å². The number of nitrogens with zero attached hydrogens (tertiary/aromatic N) is 7. The first-order valence-electron chi connectivity index (χ1n) is 11.4. The molecule has 32 heavy (non-hydrogen) atoms. The van der Waals surface area contributed by atoms with E-state index in [1.807, 2.05) is 19.2 Å². The van der Waals surface area contributed by atoms with Gasteiger partial charge in [0.2, 0.25) is 0 Å². The molecule has 2 saturated heterocycles. The van der Waals surface area contributed by atoms with Crippen molar-refractivity contribution in [3.63, 3.8) is 0 Å². The lowest BCUT2D eigenvalue weighted by Crippen LogP contribution is -2.45. The Morgan fingerprint density at radius 3 is 2.56 bits per heavy atom. The molecule has 1 aliphatic carbocycles.